The molecule has 2 heterocycles. The Morgan fingerprint density at radius 3 is 2.59 bits per heavy atom. The fourth-order valence-corrected chi connectivity index (χ4v) is 2.41. The maximum atomic E-state index is 11.3. The molecule has 0 saturated heterocycles. The van der Waals surface area contributed by atoms with Crippen molar-refractivity contribution in [2.24, 2.45) is 7.05 Å². The number of hydrogen-bond acceptors (Lipinski definition) is 5. The number of Topliss-reactive ketones (excluding diaryl/α,β-unsaturated/α-hetero) is 1. The van der Waals surface area contributed by atoms with Gasteiger partial charge in [0.1, 0.15) is 9.88 Å². The number of nitrogens with zero attached hydrogens (tertiary/aromatic N) is 3. The first-order valence-electron chi connectivity index (χ1n) is 4.74. The Balaban J connectivity index is 2.59. The topological polar surface area (TPSA) is 85.1 Å². The molecule has 2 aromatic rings. The maximum Gasteiger partial charge on any atom is 0.356 e. The van der Waals surface area contributed by atoms with E-state index in [-0.39, 0.29) is 16.4 Å². The highest BCUT2D eigenvalue weighted by atomic mass is 32.1. The summed E-state index contributed by atoms with van der Waals surface area (Å²) in [5.74, 6) is -1.49. The van der Waals surface area contributed by atoms with Crippen LogP contribution in [0, 0.1) is 0 Å². The zero-order valence-corrected chi connectivity index (χ0v) is 9.98. The molecule has 0 bridgehead atoms. The minimum Gasteiger partial charge on any atom is -0.476 e. The van der Waals surface area contributed by atoms with Gasteiger partial charge in [-0.2, -0.15) is 5.10 Å². The van der Waals surface area contributed by atoms with Gasteiger partial charge in [0.15, 0.2) is 11.5 Å². The molecule has 0 aliphatic rings. The second-order valence-electron chi connectivity index (χ2n) is 3.40. The van der Waals surface area contributed by atoms with E-state index in [1.165, 1.54) is 6.92 Å². The monoisotopic (exact) mass is 251 g/mol. The van der Waals surface area contributed by atoms with E-state index in [0.717, 1.165) is 11.3 Å². The van der Waals surface area contributed by atoms with Gasteiger partial charge in [-0.25, -0.2) is 9.78 Å². The fraction of sp³-hybridized carbons (Fsp3) is 0.200. The molecule has 2 rings (SSSR count). The molecule has 0 amide bonds. The van der Waals surface area contributed by atoms with Gasteiger partial charge >= 0.3 is 5.97 Å². The summed E-state index contributed by atoms with van der Waals surface area (Å²) in [4.78, 5) is 26.4. The average molecular weight is 251 g/mol. The van der Waals surface area contributed by atoms with Gasteiger partial charge in [-0.3, -0.25) is 9.48 Å². The van der Waals surface area contributed by atoms with E-state index in [9.17, 15) is 9.59 Å². The lowest BCUT2D eigenvalue weighted by Gasteiger charge is -1.94. The zero-order valence-electron chi connectivity index (χ0n) is 9.17. The minimum atomic E-state index is -1.19. The lowest BCUT2D eigenvalue weighted by atomic mass is 10.3. The second-order valence-corrected chi connectivity index (χ2v) is 4.40. The summed E-state index contributed by atoms with van der Waals surface area (Å²) in [5.41, 5.74) is 0.490. The van der Waals surface area contributed by atoms with Crippen LogP contribution in [0.3, 0.4) is 0 Å². The lowest BCUT2D eigenvalue weighted by molar-refractivity contribution is 0.0687. The van der Waals surface area contributed by atoms with Crippen LogP contribution in [0.4, 0.5) is 0 Å². The number of carboxylic acid groups (broad SMARTS) is 1. The maximum absolute atomic E-state index is 11.3. The molecule has 1 N–H and O–H groups in total. The van der Waals surface area contributed by atoms with Crippen LogP contribution in [-0.2, 0) is 7.05 Å². The third-order valence-corrected chi connectivity index (χ3v) is 3.37. The zero-order chi connectivity index (χ0) is 12.6. The molecule has 0 spiro atoms. The Kier molecular flexibility index (Phi) is 2.76. The molecule has 7 heteroatoms. The van der Waals surface area contributed by atoms with Crippen molar-refractivity contribution in [3.05, 3.63) is 22.8 Å². The van der Waals surface area contributed by atoms with E-state index in [2.05, 4.69) is 10.1 Å². The molecule has 0 aliphatic carbocycles. The van der Waals surface area contributed by atoms with E-state index in [1.807, 2.05) is 0 Å². The molecule has 0 unspecified atom stereocenters. The first-order chi connectivity index (χ1) is 8.00. The molecule has 88 valence electrons. The van der Waals surface area contributed by atoms with Gasteiger partial charge in [-0.1, -0.05) is 0 Å². The summed E-state index contributed by atoms with van der Waals surface area (Å²) in [7, 11) is 1.73. The van der Waals surface area contributed by atoms with Crippen LogP contribution in [0.25, 0.3) is 10.7 Å². The van der Waals surface area contributed by atoms with Crippen molar-refractivity contribution in [3.8, 4) is 10.7 Å². The third-order valence-electron chi connectivity index (χ3n) is 2.19. The molecule has 0 aliphatic heterocycles. The molecule has 0 atom stereocenters. The number of hydrogen-bond donors (Lipinski definition) is 1. The number of carbonyl (C=O) groups excluding carboxylic acids is 1. The van der Waals surface area contributed by atoms with E-state index in [0.29, 0.717) is 10.7 Å². The van der Waals surface area contributed by atoms with E-state index in [1.54, 1.807) is 24.0 Å². The van der Waals surface area contributed by atoms with Crippen molar-refractivity contribution >= 4 is 23.1 Å². The smallest absolute Gasteiger partial charge is 0.356 e. The van der Waals surface area contributed by atoms with E-state index in [4.69, 9.17) is 5.11 Å². The van der Waals surface area contributed by atoms with Crippen molar-refractivity contribution in [2.75, 3.05) is 0 Å². The highest BCUT2D eigenvalue weighted by molar-refractivity contribution is 7.17. The second kappa shape index (κ2) is 4.10. The van der Waals surface area contributed by atoms with E-state index < -0.39 is 5.97 Å². The molecule has 0 aromatic carbocycles. The highest BCUT2D eigenvalue weighted by Gasteiger charge is 2.22. The molecule has 0 radical (unpaired) electrons. The predicted octanol–water partition coefficient (Wildman–Crippen LogP) is 1.44. The molecule has 2 aromatic heterocycles. The van der Waals surface area contributed by atoms with Gasteiger partial charge in [0.2, 0.25) is 0 Å². The minimum absolute atomic E-state index is 0.161. The summed E-state index contributed by atoms with van der Waals surface area (Å²) in [6, 6.07) is 1.72. The third kappa shape index (κ3) is 1.96. The number of thiazole rings is 1. The number of rotatable bonds is 3. The van der Waals surface area contributed by atoms with Crippen molar-refractivity contribution in [3.63, 3.8) is 0 Å². The quantitative estimate of drug-likeness (QED) is 0.834. The number of aromatic carboxylic acids is 1. The Hall–Kier alpha value is -2.02. The van der Waals surface area contributed by atoms with Crippen LogP contribution in [-0.4, -0.2) is 31.6 Å². The summed E-state index contributed by atoms with van der Waals surface area (Å²) in [6.45, 7) is 1.33. The van der Waals surface area contributed by atoms with Crippen LogP contribution >= 0.6 is 11.3 Å². The largest absolute Gasteiger partial charge is 0.476 e. The summed E-state index contributed by atoms with van der Waals surface area (Å²) < 4.78 is 1.58. The standard InChI is InChI=1S/C10H9N3O3S/c1-5(14)8-7(10(15)16)12-9(17-8)6-3-4-11-13(6)2/h3-4H,1-2H3,(H,15,16). The fourth-order valence-electron chi connectivity index (χ4n) is 1.40. The van der Waals surface area contributed by atoms with Crippen molar-refractivity contribution < 1.29 is 14.7 Å². The van der Waals surface area contributed by atoms with Gasteiger partial charge in [-0.15, -0.1) is 11.3 Å². The van der Waals surface area contributed by atoms with Crippen molar-refractivity contribution in [1.29, 1.82) is 0 Å². The van der Waals surface area contributed by atoms with Crippen molar-refractivity contribution in [2.45, 2.75) is 6.92 Å². The summed E-state index contributed by atoms with van der Waals surface area (Å²) in [5, 5.41) is 13.4. The van der Waals surface area contributed by atoms with Crippen LogP contribution in [0.2, 0.25) is 0 Å². The molecule has 17 heavy (non-hydrogen) atoms. The highest BCUT2D eigenvalue weighted by Crippen LogP contribution is 2.28. The predicted molar refractivity (Wildman–Crippen MR) is 61.3 cm³/mol. The first kappa shape index (κ1) is 11.5. The van der Waals surface area contributed by atoms with Crippen LogP contribution in [0.5, 0.6) is 0 Å². The van der Waals surface area contributed by atoms with Gasteiger partial charge in [-0.05, 0) is 6.07 Å². The molecule has 0 fully saturated rings. The average Bonchev–Trinajstić information content (AvgIpc) is 2.82. The summed E-state index contributed by atoms with van der Waals surface area (Å²) in [6.07, 6.45) is 1.59. The van der Waals surface area contributed by atoms with Gasteiger partial charge in [0, 0.05) is 20.2 Å². The Morgan fingerprint density at radius 1 is 1.47 bits per heavy atom. The van der Waals surface area contributed by atoms with Gasteiger partial charge in [0.25, 0.3) is 0 Å². The van der Waals surface area contributed by atoms with Crippen LogP contribution in [0.15, 0.2) is 12.3 Å². The Bertz CT molecular complexity index is 568. The number of ketones is 1. The van der Waals surface area contributed by atoms with Crippen LogP contribution in [0.1, 0.15) is 27.1 Å². The van der Waals surface area contributed by atoms with Crippen molar-refractivity contribution in [1.82, 2.24) is 14.8 Å². The Labute approximate surface area is 101 Å². The normalized spacial score (nSPS) is 10.5. The summed E-state index contributed by atoms with van der Waals surface area (Å²) >= 11 is 1.07. The van der Waals surface area contributed by atoms with E-state index >= 15 is 0 Å². The SMILES string of the molecule is CC(=O)c1sc(-c2ccnn2C)nc1C(=O)O. The molecular weight excluding hydrogens is 242 g/mol. The number of carbonyl (C=O) groups is 2. The number of carboxylic acids is 1. The lowest BCUT2D eigenvalue weighted by Crippen LogP contribution is -2.03. The first-order valence-corrected chi connectivity index (χ1v) is 5.55. The molecule has 0 saturated carbocycles. The Morgan fingerprint density at radius 2 is 2.18 bits per heavy atom. The number of aryl methyl sites for hydroxylation is 1. The number of aromatic nitrogens is 3. The van der Waals surface area contributed by atoms with Crippen LogP contribution < -0.4 is 0 Å². The molecule has 6 nitrogen and oxygen atoms in total. The van der Waals surface area contributed by atoms with Gasteiger partial charge in [0.05, 0.1) is 5.69 Å². The molecular formula is C10H9N3O3S. The van der Waals surface area contributed by atoms with Gasteiger partial charge < -0.3 is 5.11 Å².